The van der Waals surface area contributed by atoms with Crippen LogP contribution in [0.25, 0.3) is 0 Å². The standard InChI is InChI=1S/C14H17BrN4/c1-14(2,10-5-3-4-6-11(10)15)18-9-13-17-8-7-12(16)19-13/h3-8,18H,9H2,1-2H3,(H2,16,17,19). The van der Waals surface area contributed by atoms with E-state index in [0.29, 0.717) is 18.2 Å². The highest BCUT2D eigenvalue weighted by atomic mass is 79.9. The number of hydrogen-bond donors (Lipinski definition) is 2. The fraction of sp³-hybridized carbons (Fsp3) is 0.286. The molecule has 0 saturated carbocycles. The van der Waals surface area contributed by atoms with Gasteiger partial charge in [0.1, 0.15) is 11.6 Å². The van der Waals surface area contributed by atoms with Crippen LogP contribution in [0.3, 0.4) is 0 Å². The highest BCUT2D eigenvalue weighted by molar-refractivity contribution is 9.10. The minimum Gasteiger partial charge on any atom is -0.384 e. The van der Waals surface area contributed by atoms with Crippen molar-refractivity contribution in [3.05, 3.63) is 52.4 Å². The van der Waals surface area contributed by atoms with Gasteiger partial charge in [0, 0.05) is 16.2 Å². The summed E-state index contributed by atoms with van der Waals surface area (Å²) >= 11 is 3.58. The molecule has 19 heavy (non-hydrogen) atoms. The molecule has 100 valence electrons. The second-order valence-corrected chi connectivity index (χ2v) is 5.71. The van der Waals surface area contributed by atoms with Gasteiger partial charge < -0.3 is 11.1 Å². The second kappa shape index (κ2) is 5.67. The van der Waals surface area contributed by atoms with Crippen LogP contribution in [-0.4, -0.2) is 9.97 Å². The van der Waals surface area contributed by atoms with E-state index >= 15 is 0 Å². The first-order valence-corrected chi connectivity index (χ1v) is 6.86. The molecule has 1 aromatic carbocycles. The molecule has 0 spiro atoms. The van der Waals surface area contributed by atoms with Crippen molar-refractivity contribution >= 4 is 21.7 Å². The first-order chi connectivity index (χ1) is 8.99. The number of nitrogen functional groups attached to an aromatic ring is 1. The molecule has 1 heterocycles. The Bertz CT molecular complexity index is 569. The lowest BCUT2D eigenvalue weighted by Gasteiger charge is -2.27. The van der Waals surface area contributed by atoms with Gasteiger partial charge in [-0.1, -0.05) is 34.1 Å². The van der Waals surface area contributed by atoms with E-state index in [1.165, 1.54) is 5.56 Å². The topological polar surface area (TPSA) is 63.8 Å². The Kier molecular flexibility index (Phi) is 4.17. The molecule has 0 amide bonds. The molecule has 0 fully saturated rings. The zero-order valence-electron chi connectivity index (χ0n) is 11.0. The largest absolute Gasteiger partial charge is 0.384 e. The SMILES string of the molecule is CC(C)(NCc1nccc(N)n1)c1ccccc1Br. The van der Waals surface area contributed by atoms with Crippen molar-refractivity contribution in [2.75, 3.05) is 5.73 Å². The number of aromatic nitrogens is 2. The molecule has 0 aliphatic heterocycles. The number of nitrogens with one attached hydrogen (secondary N) is 1. The number of rotatable bonds is 4. The molecule has 4 nitrogen and oxygen atoms in total. The summed E-state index contributed by atoms with van der Waals surface area (Å²) in [6, 6.07) is 9.85. The highest BCUT2D eigenvalue weighted by Crippen LogP contribution is 2.27. The predicted octanol–water partition coefficient (Wildman–Crippen LogP) is 2.85. The Morgan fingerprint density at radius 1 is 1.26 bits per heavy atom. The molecule has 0 aliphatic carbocycles. The molecule has 3 N–H and O–H groups in total. The average molecular weight is 321 g/mol. The van der Waals surface area contributed by atoms with E-state index in [9.17, 15) is 0 Å². The summed E-state index contributed by atoms with van der Waals surface area (Å²) in [6.07, 6.45) is 1.67. The quantitative estimate of drug-likeness (QED) is 0.909. The second-order valence-electron chi connectivity index (χ2n) is 4.86. The fourth-order valence-corrected chi connectivity index (χ4v) is 2.64. The first-order valence-electron chi connectivity index (χ1n) is 6.06. The third-order valence-corrected chi connectivity index (χ3v) is 3.65. The van der Waals surface area contributed by atoms with Crippen molar-refractivity contribution in [2.45, 2.75) is 25.9 Å². The molecule has 0 radical (unpaired) electrons. The number of hydrogen-bond acceptors (Lipinski definition) is 4. The van der Waals surface area contributed by atoms with Gasteiger partial charge in [0.05, 0.1) is 6.54 Å². The van der Waals surface area contributed by atoms with Crippen LogP contribution in [0.5, 0.6) is 0 Å². The van der Waals surface area contributed by atoms with Crippen LogP contribution in [0.2, 0.25) is 0 Å². The highest BCUT2D eigenvalue weighted by Gasteiger charge is 2.22. The van der Waals surface area contributed by atoms with Crippen molar-refractivity contribution in [2.24, 2.45) is 0 Å². The van der Waals surface area contributed by atoms with Gasteiger partial charge in [-0.05, 0) is 31.5 Å². The van der Waals surface area contributed by atoms with Crippen molar-refractivity contribution in [1.29, 1.82) is 0 Å². The summed E-state index contributed by atoms with van der Waals surface area (Å²) in [5.74, 6) is 1.19. The Labute approximate surface area is 121 Å². The average Bonchev–Trinajstić information content (AvgIpc) is 2.37. The third-order valence-electron chi connectivity index (χ3n) is 2.96. The smallest absolute Gasteiger partial charge is 0.144 e. The molecule has 0 aliphatic rings. The normalized spacial score (nSPS) is 11.5. The lowest BCUT2D eigenvalue weighted by Crippen LogP contribution is -2.36. The molecule has 0 saturated heterocycles. The minimum absolute atomic E-state index is 0.186. The Morgan fingerprint density at radius 2 is 2.00 bits per heavy atom. The summed E-state index contributed by atoms with van der Waals surface area (Å²) in [6.45, 7) is 4.82. The van der Waals surface area contributed by atoms with Gasteiger partial charge in [-0.25, -0.2) is 9.97 Å². The van der Waals surface area contributed by atoms with E-state index in [0.717, 1.165) is 4.47 Å². The van der Waals surface area contributed by atoms with Crippen LogP contribution in [0.15, 0.2) is 41.0 Å². The van der Waals surface area contributed by atoms with E-state index in [4.69, 9.17) is 5.73 Å². The van der Waals surface area contributed by atoms with E-state index in [2.05, 4.69) is 51.1 Å². The van der Waals surface area contributed by atoms with Gasteiger partial charge >= 0.3 is 0 Å². The zero-order valence-corrected chi connectivity index (χ0v) is 12.6. The van der Waals surface area contributed by atoms with Gasteiger partial charge in [0.25, 0.3) is 0 Å². The Balaban J connectivity index is 2.12. The summed E-state index contributed by atoms with van der Waals surface area (Å²) < 4.78 is 1.08. The van der Waals surface area contributed by atoms with Crippen LogP contribution in [0.1, 0.15) is 25.2 Å². The molecular weight excluding hydrogens is 304 g/mol. The van der Waals surface area contributed by atoms with Crippen LogP contribution in [0.4, 0.5) is 5.82 Å². The third kappa shape index (κ3) is 3.52. The van der Waals surface area contributed by atoms with Crippen LogP contribution >= 0.6 is 15.9 Å². The molecule has 0 bridgehead atoms. The molecule has 2 rings (SSSR count). The zero-order chi connectivity index (χ0) is 13.9. The molecular formula is C14H17BrN4. The summed E-state index contributed by atoms with van der Waals surface area (Å²) in [5.41, 5.74) is 6.65. The molecule has 1 aromatic heterocycles. The van der Waals surface area contributed by atoms with Gasteiger partial charge in [0.15, 0.2) is 0 Å². The van der Waals surface area contributed by atoms with Crippen molar-refractivity contribution in [3.8, 4) is 0 Å². The van der Waals surface area contributed by atoms with Crippen molar-refractivity contribution in [1.82, 2.24) is 15.3 Å². The number of nitrogens with zero attached hydrogens (tertiary/aromatic N) is 2. The Morgan fingerprint density at radius 3 is 2.68 bits per heavy atom. The maximum Gasteiger partial charge on any atom is 0.144 e. The van der Waals surface area contributed by atoms with Crippen LogP contribution < -0.4 is 11.1 Å². The van der Waals surface area contributed by atoms with Gasteiger partial charge in [-0.15, -0.1) is 0 Å². The fourth-order valence-electron chi connectivity index (χ4n) is 1.86. The maximum absolute atomic E-state index is 5.65. The predicted molar refractivity (Wildman–Crippen MR) is 80.5 cm³/mol. The monoisotopic (exact) mass is 320 g/mol. The summed E-state index contributed by atoms with van der Waals surface area (Å²) in [5, 5.41) is 3.45. The van der Waals surface area contributed by atoms with Gasteiger partial charge in [0.2, 0.25) is 0 Å². The van der Waals surface area contributed by atoms with Crippen molar-refractivity contribution in [3.63, 3.8) is 0 Å². The molecule has 0 atom stereocenters. The number of anilines is 1. The number of halogens is 1. The molecule has 0 unspecified atom stereocenters. The molecule has 2 aromatic rings. The van der Waals surface area contributed by atoms with Crippen LogP contribution in [0, 0.1) is 0 Å². The first kappa shape index (κ1) is 14.0. The lowest BCUT2D eigenvalue weighted by molar-refractivity contribution is 0.394. The van der Waals surface area contributed by atoms with Crippen molar-refractivity contribution < 1.29 is 0 Å². The number of benzene rings is 1. The van der Waals surface area contributed by atoms with E-state index in [1.807, 2.05) is 18.2 Å². The molecule has 5 heteroatoms. The Hall–Kier alpha value is -1.46. The van der Waals surface area contributed by atoms with Gasteiger partial charge in [-0.3, -0.25) is 0 Å². The van der Waals surface area contributed by atoms with E-state index in [-0.39, 0.29) is 5.54 Å². The summed E-state index contributed by atoms with van der Waals surface area (Å²) in [7, 11) is 0. The number of nitrogens with two attached hydrogens (primary N) is 1. The van der Waals surface area contributed by atoms with Gasteiger partial charge in [-0.2, -0.15) is 0 Å². The van der Waals surface area contributed by atoms with E-state index in [1.54, 1.807) is 12.3 Å². The van der Waals surface area contributed by atoms with Crippen LogP contribution in [-0.2, 0) is 12.1 Å². The van der Waals surface area contributed by atoms with E-state index < -0.39 is 0 Å². The lowest BCUT2D eigenvalue weighted by atomic mass is 9.94. The minimum atomic E-state index is -0.186. The maximum atomic E-state index is 5.65. The summed E-state index contributed by atoms with van der Waals surface area (Å²) in [4.78, 5) is 8.38.